The average molecular weight is 279 g/mol. The lowest BCUT2D eigenvalue weighted by atomic mass is 10.0. The SMILES string of the molecule is CCC(C)(C)NC(=O)Cn1ccc(CNC(C)(C)C)c1. The van der Waals surface area contributed by atoms with Crippen LogP contribution in [0.15, 0.2) is 18.5 Å². The number of carbonyl (C=O) groups excluding carboxylic acids is 1. The zero-order chi connectivity index (χ0) is 15.4. The van der Waals surface area contributed by atoms with Gasteiger partial charge in [-0.1, -0.05) is 6.92 Å². The van der Waals surface area contributed by atoms with Gasteiger partial charge >= 0.3 is 0 Å². The normalized spacial score (nSPS) is 12.5. The van der Waals surface area contributed by atoms with E-state index in [9.17, 15) is 4.79 Å². The van der Waals surface area contributed by atoms with Gasteiger partial charge in [0.2, 0.25) is 5.91 Å². The Kier molecular flexibility index (Phi) is 5.40. The van der Waals surface area contributed by atoms with Gasteiger partial charge in [-0.2, -0.15) is 0 Å². The summed E-state index contributed by atoms with van der Waals surface area (Å²) in [5.41, 5.74) is 1.16. The van der Waals surface area contributed by atoms with Crippen LogP contribution in [0.2, 0.25) is 0 Å². The van der Waals surface area contributed by atoms with Gasteiger partial charge in [-0.3, -0.25) is 4.79 Å². The van der Waals surface area contributed by atoms with E-state index < -0.39 is 0 Å². The van der Waals surface area contributed by atoms with Crippen molar-refractivity contribution < 1.29 is 4.79 Å². The van der Waals surface area contributed by atoms with Crippen LogP contribution in [0.1, 0.15) is 53.5 Å². The summed E-state index contributed by atoms with van der Waals surface area (Å²) < 4.78 is 1.93. The fraction of sp³-hybridized carbons (Fsp3) is 0.688. The third kappa shape index (κ3) is 6.24. The number of nitrogens with zero attached hydrogens (tertiary/aromatic N) is 1. The molecule has 1 aromatic rings. The van der Waals surface area contributed by atoms with Crippen molar-refractivity contribution in [2.45, 2.75) is 72.1 Å². The van der Waals surface area contributed by atoms with Crippen LogP contribution >= 0.6 is 0 Å². The Morgan fingerprint density at radius 1 is 1.25 bits per heavy atom. The predicted molar refractivity (Wildman–Crippen MR) is 83.5 cm³/mol. The summed E-state index contributed by atoms with van der Waals surface area (Å²) in [4.78, 5) is 12.0. The van der Waals surface area contributed by atoms with E-state index in [1.807, 2.05) is 30.8 Å². The number of carbonyl (C=O) groups is 1. The second-order valence-corrected chi connectivity index (χ2v) is 7.08. The highest BCUT2D eigenvalue weighted by Gasteiger charge is 2.17. The molecule has 0 aromatic carbocycles. The van der Waals surface area contributed by atoms with Crippen molar-refractivity contribution in [3.05, 3.63) is 24.0 Å². The summed E-state index contributed by atoms with van der Waals surface area (Å²) in [5.74, 6) is 0.0581. The smallest absolute Gasteiger partial charge is 0.240 e. The van der Waals surface area contributed by atoms with Gasteiger partial charge in [0.05, 0.1) is 0 Å². The Labute approximate surface area is 122 Å². The monoisotopic (exact) mass is 279 g/mol. The van der Waals surface area contributed by atoms with Crippen molar-refractivity contribution in [1.29, 1.82) is 0 Å². The molecular formula is C16H29N3O. The Balaban J connectivity index is 2.50. The Morgan fingerprint density at radius 2 is 1.90 bits per heavy atom. The van der Waals surface area contributed by atoms with Crippen LogP contribution in [-0.4, -0.2) is 21.6 Å². The number of hydrogen-bond donors (Lipinski definition) is 2. The molecule has 0 fully saturated rings. The van der Waals surface area contributed by atoms with E-state index >= 15 is 0 Å². The second-order valence-electron chi connectivity index (χ2n) is 7.08. The molecule has 0 radical (unpaired) electrons. The predicted octanol–water partition coefficient (Wildman–Crippen LogP) is 2.68. The molecule has 0 atom stereocenters. The van der Waals surface area contributed by atoms with Crippen LogP contribution in [0.25, 0.3) is 0 Å². The van der Waals surface area contributed by atoms with Crippen molar-refractivity contribution in [3.63, 3.8) is 0 Å². The number of nitrogens with one attached hydrogen (secondary N) is 2. The maximum absolute atomic E-state index is 12.0. The van der Waals surface area contributed by atoms with Gasteiger partial charge in [0.15, 0.2) is 0 Å². The van der Waals surface area contributed by atoms with Crippen molar-refractivity contribution in [2.24, 2.45) is 0 Å². The van der Waals surface area contributed by atoms with E-state index in [-0.39, 0.29) is 17.0 Å². The standard InChI is InChI=1S/C16H29N3O/c1-7-16(5,6)18-14(20)12-19-9-8-13(11-19)10-17-15(2,3)4/h8-9,11,17H,7,10,12H2,1-6H3,(H,18,20). The molecule has 0 aliphatic rings. The maximum Gasteiger partial charge on any atom is 0.240 e. The van der Waals surface area contributed by atoms with Gasteiger partial charge in [-0.15, -0.1) is 0 Å². The third-order valence-electron chi connectivity index (χ3n) is 3.32. The van der Waals surface area contributed by atoms with Crippen molar-refractivity contribution in [1.82, 2.24) is 15.2 Å². The first kappa shape index (κ1) is 16.8. The van der Waals surface area contributed by atoms with E-state index in [1.165, 1.54) is 5.56 Å². The first-order chi connectivity index (χ1) is 9.11. The lowest BCUT2D eigenvalue weighted by Crippen LogP contribution is -2.44. The molecule has 0 saturated carbocycles. The lowest BCUT2D eigenvalue weighted by Gasteiger charge is -2.24. The van der Waals surface area contributed by atoms with E-state index in [0.29, 0.717) is 6.54 Å². The van der Waals surface area contributed by atoms with Gasteiger partial charge in [0.25, 0.3) is 0 Å². The number of amides is 1. The van der Waals surface area contributed by atoms with Crippen LogP contribution < -0.4 is 10.6 Å². The summed E-state index contributed by atoms with van der Waals surface area (Å²) in [5, 5.41) is 6.48. The summed E-state index contributed by atoms with van der Waals surface area (Å²) in [6, 6.07) is 2.05. The highest BCUT2D eigenvalue weighted by atomic mass is 16.2. The largest absolute Gasteiger partial charge is 0.350 e. The lowest BCUT2D eigenvalue weighted by molar-refractivity contribution is -0.123. The van der Waals surface area contributed by atoms with Gasteiger partial charge in [-0.05, 0) is 52.7 Å². The zero-order valence-electron chi connectivity index (χ0n) is 13.7. The average Bonchev–Trinajstić information content (AvgIpc) is 2.72. The summed E-state index contributed by atoms with van der Waals surface area (Å²) in [6.07, 6.45) is 4.90. The van der Waals surface area contributed by atoms with Crippen molar-refractivity contribution in [3.8, 4) is 0 Å². The Bertz CT molecular complexity index is 441. The molecule has 1 amide bonds. The second kappa shape index (κ2) is 6.44. The van der Waals surface area contributed by atoms with Crippen molar-refractivity contribution >= 4 is 5.91 Å². The number of rotatable bonds is 6. The topological polar surface area (TPSA) is 46.1 Å². The van der Waals surface area contributed by atoms with Gasteiger partial charge in [0, 0.05) is 30.0 Å². The van der Waals surface area contributed by atoms with Gasteiger partial charge < -0.3 is 15.2 Å². The van der Waals surface area contributed by atoms with Crippen LogP contribution in [0.5, 0.6) is 0 Å². The quantitative estimate of drug-likeness (QED) is 0.841. The maximum atomic E-state index is 12.0. The van der Waals surface area contributed by atoms with Crippen LogP contribution in [-0.2, 0) is 17.9 Å². The molecule has 0 saturated heterocycles. The third-order valence-corrected chi connectivity index (χ3v) is 3.32. The van der Waals surface area contributed by atoms with Crippen molar-refractivity contribution in [2.75, 3.05) is 0 Å². The number of aromatic nitrogens is 1. The summed E-state index contributed by atoms with van der Waals surface area (Å²) in [6.45, 7) is 13.8. The minimum Gasteiger partial charge on any atom is -0.350 e. The Hall–Kier alpha value is -1.29. The molecule has 0 unspecified atom stereocenters. The Morgan fingerprint density at radius 3 is 2.45 bits per heavy atom. The molecule has 0 spiro atoms. The molecule has 2 N–H and O–H groups in total. The minimum atomic E-state index is -0.138. The molecule has 0 aliphatic heterocycles. The molecule has 4 heteroatoms. The number of hydrogen-bond acceptors (Lipinski definition) is 2. The molecular weight excluding hydrogens is 250 g/mol. The highest BCUT2D eigenvalue weighted by Crippen LogP contribution is 2.08. The molecule has 0 aliphatic carbocycles. The van der Waals surface area contributed by atoms with Gasteiger partial charge in [-0.25, -0.2) is 0 Å². The van der Waals surface area contributed by atoms with Gasteiger partial charge in [0.1, 0.15) is 6.54 Å². The zero-order valence-corrected chi connectivity index (χ0v) is 13.7. The first-order valence-electron chi connectivity index (χ1n) is 7.32. The van der Waals surface area contributed by atoms with E-state index in [4.69, 9.17) is 0 Å². The molecule has 1 rings (SSSR count). The van der Waals surface area contributed by atoms with E-state index in [1.54, 1.807) is 0 Å². The fourth-order valence-corrected chi connectivity index (χ4v) is 1.73. The van der Waals surface area contributed by atoms with Crippen LogP contribution in [0.3, 0.4) is 0 Å². The molecule has 4 nitrogen and oxygen atoms in total. The van der Waals surface area contributed by atoms with E-state index in [0.717, 1.165) is 13.0 Å². The molecule has 1 aromatic heterocycles. The van der Waals surface area contributed by atoms with Crippen LogP contribution in [0, 0.1) is 0 Å². The summed E-state index contributed by atoms with van der Waals surface area (Å²) >= 11 is 0. The fourth-order valence-electron chi connectivity index (χ4n) is 1.73. The molecule has 1 heterocycles. The highest BCUT2D eigenvalue weighted by molar-refractivity contribution is 5.76. The van der Waals surface area contributed by atoms with Crippen LogP contribution in [0.4, 0.5) is 0 Å². The minimum absolute atomic E-state index is 0.0581. The molecule has 114 valence electrons. The first-order valence-corrected chi connectivity index (χ1v) is 7.32. The summed E-state index contributed by atoms with van der Waals surface area (Å²) in [7, 11) is 0. The molecule has 0 bridgehead atoms. The molecule has 20 heavy (non-hydrogen) atoms. The van der Waals surface area contributed by atoms with E-state index in [2.05, 4.69) is 44.4 Å².